The van der Waals surface area contributed by atoms with Gasteiger partial charge in [0.25, 0.3) is 0 Å². The minimum atomic E-state index is -0.675. The lowest BCUT2D eigenvalue weighted by atomic mass is 9.86. The molecule has 0 aromatic heterocycles. The van der Waals surface area contributed by atoms with Crippen LogP contribution in [0.5, 0.6) is 0 Å². The summed E-state index contributed by atoms with van der Waals surface area (Å²) in [6, 6.07) is 12.0. The van der Waals surface area contributed by atoms with E-state index >= 15 is 0 Å². The highest BCUT2D eigenvalue weighted by atomic mass is 79.9. The first kappa shape index (κ1) is 22.4. The maximum absolute atomic E-state index is 12.1. The minimum Gasteiger partial charge on any atom is -0.465 e. The number of benzene rings is 2. The molecule has 0 saturated heterocycles. The van der Waals surface area contributed by atoms with Crippen molar-refractivity contribution in [3.8, 4) is 0 Å². The van der Waals surface area contributed by atoms with E-state index in [1.54, 1.807) is 6.08 Å². The molecule has 0 radical (unpaired) electrons. The molecular weight excluding hydrogens is 416 g/mol. The Labute approximate surface area is 176 Å². The zero-order chi connectivity index (χ0) is 20.7. The maximum Gasteiger partial charge on any atom is 0.305 e. The molecule has 0 amide bonds. The Hall–Kier alpha value is -1.91. The third-order valence-electron chi connectivity index (χ3n) is 5.02. The van der Waals surface area contributed by atoms with E-state index in [9.17, 15) is 9.90 Å². The van der Waals surface area contributed by atoms with Crippen LogP contribution in [0.15, 0.2) is 53.5 Å². The summed E-state index contributed by atoms with van der Waals surface area (Å²) in [7, 11) is 0. The van der Waals surface area contributed by atoms with Crippen molar-refractivity contribution in [1.29, 1.82) is 0 Å². The first-order chi connectivity index (χ1) is 13.3. The molecule has 150 valence electrons. The third-order valence-corrected chi connectivity index (χ3v) is 5.79. The average molecular weight is 445 g/mol. The molecule has 2 rings (SSSR count). The Morgan fingerprint density at radius 3 is 2.46 bits per heavy atom. The van der Waals surface area contributed by atoms with Crippen LogP contribution in [0.3, 0.4) is 0 Å². The van der Waals surface area contributed by atoms with Crippen LogP contribution < -0.4 is 0 Å². The predicted molar refractivity (Wildman–Crippen MR) is 117 cm³/mol. The van der Waals surface area contributed by atoms with Gasteiger partial charge in [-0.25, -0.2) is 0 Å². The second-order valence-corrected chi connectivity index (χ2v) is 8.11. The summed E-state index contributed by atoms with van der Waals surface area (Å²) < 4.78 is 6.39. The summed E-state index contributed by atoms with van der Waals surface area (Å²) in [5.41, 5.74) is 5.34. The van der Waals surface area contributed by atoms with E-state index in [1.165, 1.54) is 5.56 Å². The fourth-order valence-electron chi connectivity index (χ4n) is 3.61. The third kappa shape index (κ3) is 6.05. The highest BCUT2D eigenvalue weighted by Crippen LogP contribution is 2.32. The fraction of sp³-hybridized carbons (Fsp3) is 0.375. The van der Waals surface area contributed by atoms with Gasteiger partial charge in [-0.2, -0.15) is 0 Å². The smallest absolute Gasteiger partial charge is 0.305 e. The van der Waals surface area contributed by atoms with Gasteiger partial charge in [-0.3, -0.25) is 4.79 Å². The van der Waals surface area contributed by atoms with Gasteiger partial charge in [-0.1, -0.05) is 57.9 Å². The highest BCUT2D eigenvalue weighted by Gasteiger charge is 2.22. The first-order valence-corrected chi connectivity index (χ1v) is 10.4. The quantitative estimate of drug-likeness (QED) is 0.393. The van der Waals surface area contributed by atoms with Crippen LogP contribution in [-0.4, -0.2) is 17.7 Å². The van der Waals surface area contributed by atoms with Crippen LogP contribution in [0.2, 0.25) is 0 Å². The summed E-state index contributed by atoms with van der Waals surface area (Å²) in [6.45, 7) is 10.3. The van der Waals surface area contributed by atoms with E-state index in [2.05, 4.69) is 34.6 Å². The number of ether oxygens (including phenoxy) is 1. The molecule has 2 atom stereocenters. The molecule has 1 N–H and O–H groups in total. The molecule has 0 aliphatic rings. The lowest BCUT2D eigenvalue weighted by molar-refractivity contribution is -0.143. The van der Waals surface area contributed by atoms with Gasteiger partial charge in [0.1, 0.15) is 0 Å². The number of hydrogen-bond donors (Lipinski definition) is 1. The molecule has 0 unspecified atom stereocenters. The van der Waals surface area contributed by atoms with Gasteiger partial charge in [0, 0.05) is 23.2 Å². The molecule has 0 fully saturated rings. The van der Waals surface area contributed by atoms with Crippen LogP contribution in [0.25, 0.3) is 0 Å². The summed E-state index contributed by atoms with van der Waals surface area (Å²) in [5.74, 6) is -0.445. The van der Waals surface area contributed by atoms with Gasteiger partial charge in [0.15, 0.2) is 0 Å². The van der Waals surface area contributed by atoms with Crippen LogP contribution in [0.1, 0.15) is 46.8 Å². The number of carbonyl (C=O) groups is 1. The van der Waals surface area contributed by atoms with E-state index in [-0.39, 0.29) is 18.3 Å². The summed E-state index contributed by atoms with van der Waals surface area (Å²) >= 11 is 3.50. The zero-order valence-corrected chi connectivity index (χ0v) is 18.5. The molecule has 28 heavy (non-hydrogen) atoms. The van der Waals surface area contributed by atoms with Crippen LogP contribution in [-0.2, 0) is 16.0 Å². The van der Waals surface area contributed by atoms with Gasteiger partial charge in [-0.15, -0.1) is 6.58 Å². The number of aliphatic hydroxyl groups excluding tert-OH is 1. The molecule has 4 heteroatoms. The lowest BCUT2D eigenvalue weighted by Crippen LogP contribution is -2.16. The lowest BCUT2D eigenvalue weighted by Gasteiger charge is -2.23. The van der Waals surface area contributed by atoms with Crippen molar-refractivity contribution < 1.29 is 14.6 Å². The summed E-state index contributed by atoms with van der Waals surface area (Å²) in [5, 5.41) is 10.9. The standard InChI is InChI=1S/C24H29BrO3/c1-5-19(24(27)23-17(3)14-16(2)15-18(23)4)10-11-22(26)28-13-12-20-8-6-7-9-21(20)25/h5-9,14-15,19,24,27H,1,10-13H2,2-4H3/t19-,24+/m0/s1. The molecule has 0 spiro atoms. The Kier molecular flexibility index (Phi) is 8.46. The van der Waals surface area contributed by atoms with Gasteiger partial charge in [-0.05, 0) is 55.5 Å². The topological polar surface area (TPSA) is 46.5 Å². The van der Waals surface area contributed by atoms with E-state index < -0.39 is 6.10 Å². The normalized spacial score (nSPS) is 13.0. The molecular formula is C24H29BrO3. The van der Waals surface area contributed by atoms with E-state index in [0.717, 1.165) is 26.7 Å². The Morgan fingerprint density at radius 1 is 1.21 bits per heavy atom. The number of halogens is 1. The number of aliphatic hydroxyl groups is 1. The number of carbonyl (C=O) groups excluding carboxylic acids is 1. The van der Waals surface area contributed by atoms with Gasteiger partial charge < -0.3 is 9.84 Å². The molecule has 0 aliphatic heterocycles. The first-order valence-electron chi connectivity index (χ1n) is 9.61. The zero-order valence-electron chi connectivity index (χ0n) is 16.9. The number of rotatable bonds is 9. The minimum absolute atomic E-state index is 0.198. The Bertz CT molecular complexity index is 805. The molecule has 2 aromatic carbocycles. The summed E-state index contributed by atoms with van der Waals surface area (Å²) in [4.78, 5) is 12.1. The largest absolute Gasteiger partial charge is 0.465 e. The van der Waals surface area contributed by atoms with Crippen molar-refractivity contribution in [1.82, 2.24) is 0 Å². The Morgan fingerprint density at radius 2 is 1.86 bits per heavy atom. The number of hydrogen-bond acceptors (Lipinski definition) is 3. The molecule has 2 aromatic rings. The molecule has 0 bridgehead atoms. The Balaban J connectivity index is 1.88. The van der Waals surface area contributed by atoms with Gasteiger partial charge in [0.05, 0.1) is 12.7 Å². The number of esters is 1. The molecule has 0 aliphatic carbocycles. The van der Waals surface area contributed by atoms with Crippen molar-refractivity contribution in [3.63, 3.8) is 0 Å². The highest BCUT2D eigenvalue weighted by molar-refractivity contribution is 9.10. The van der Waals surface area contributed by atoms with Crippen molar-refractivity contribution in [2.24, 2.45) is 5.92 Å². The van der Waals surface area contributed by atoms with E-state index in [4.69, 9.17) is 4.74 Å². The SMILES string of the molecule is C=C[C@@H](CCC(=O)OCCc1ccccc1Br)[C@@H](O)c1c(C)cc(C)cc1C. The predicted octanol–water partition coefficient (Wildman–Crippen LogP) is 5.78. The van der Waals surface area contributed by atoms with Crippen molar-refractivity contribution in [2.75, 3.05) is 6.61 Å². The van der Waals surface area contributed by atoms with E-state index in [0.29, 0.717) is 19.4 Å². The second-order valence-electron chi connectivity index (χ2n) is 7.26. The van der Waals surface area contributed by atoms with Gasteiger partial charge >= 0.3 is 5.97 Å². The summed E-state index contributed by atoms with van der Waals surface area (Å²) in [6.07, 6.45) is 2.49. The number of aryl methyl sites for hydroxylation is 3. The fourth-order valence-corrected chi connectivity index (χ4v) is 4.09. The molecule has 3 nitrogen and oxygen atoms in total. The van der Waals surface area contributed by atoms with Crippen molar-refractivity contribution >= 4 is 21.9 Å². The van der Waals surface area contributed by atoms with Crippen molar-refractivity contribution in [3.05, 3.63) is 81.3 Å². The van der Waals surface area contributed by atoms with Crippen LogP contribution in [0.4, 0.5) is 0 Å². The van der Waals surface area contributed by atoms with Gasteiger partial charge in [0.2, 0.25) is 0 Å². The molecule has 0 saturated carbocycles. The van der Waals surface area contributed by atoms with E-state index in [1.807, 2.05) is 45.0 Å². The van der Waals surface area contributed by atoms with Crippen molar-refractivity contribution in [2.45, 2.75) is 46.1 Å². The van der Waals surface area contributed by atoms with Crippen LogP contribution >= 0.6 is 15.9 Å². The van der Waals surface area contributed by atoms with Crippen LogP contribution in [0, 0.1) is 26.7 Å². The molecule has 0 heterocycles. The second kappa shape index (κ2) is 10.6. The average Bonchev–Trinajstić information content (AvgIpc) is 2.63. The monoisotopic (exact) mass is 444 g/mol. The maximum atomic E-state index is 12.1.